The third-order valence-electron chi connectivity index (χ3n) is 5.96. The van der Waals surface area contributed by atoms with Crippen molar-refractivity contribution in [3.8, 4) is 0 Å². The smallest absolute Gasteiger partial charge is 0.675 e. The minimum Gasteiger partial charge on any atom is -0.675 e. The predicted octanol–water partition coefficient (Wildman–Crippen LogP) is 5.24. The van der Waals surface area contributed by atoms with E-state index in [-0.39, 0.29) is 64.0 Å². The van der Waals surface area contributed by atoms with Gasteiger partial charge in [-0.1, -0.05) is 75.6 Å². The third-order valence-corrected chi connectivity index (χ3v) is 5.96. The Morgan fingerprint density at radius 1 is 1.09 bits per heavy atom. The van der Waals surface area contributed by atoms with Crippen LogP contribution in [0.4, 0.5) is 5.69 Å². The SMILES string of the molecule is C1CCNC1.C=C=CCCCCCNCC.C=C=CO.C=NCC.CNc1ccc(CC(C)[NH-])cc1.OCC1C=CC=CC1.[K+]. The first-order valence-electron chi connectivity index (χ1n) is 16.0. The summed E-state index contributed by atoms with van der Waals surface area (Å²) in [5, 5.41) is 25.8. The second kappa shape index (κ2) is 44.6. The number of rotatable bonds is 12. The molecule has 6 N–H and O–H groups in total. The van der Waals surface area contributed by atoms with Gasteiger partial charge in [-0.15, -0.1) is 11.8 Å². The van der Waals surface area contributed by atoms with Crippen LogP contribution in [0.25, 0.3) is 5.73 Å². The number of anilines is 1. The molecule has 1 aliphatic heterocycles. The quantitative estimate of drug-likeness (QED) is 0.0699. The minimum absolute atomic E-state index is 0. The number of nitrogens with one attached hydrogen (secondary N) is 4. The van der Waals surface area contributed by atoms with Crippen molar-refractivity contribution < 1.29 is 61.6 Å². The molecule has 1 aromatic rings. The van der Waals surface area contributed by atoms with Gasteiger partial charge in [0.05, 0.1) is 0 Å². The van der Waals surface area contributed by atoms with Crippen molar-refractivity contribution in [3.05, 3.63) is 96.8 Å². The van der Waals surface area contributed by atoms with Crippen LogP contribution in [0.15, 0.2) is 90.5 Å². The summed E-state index contributed by atoms with van der Waals surface area (Å²) in [4.78, 5) is 3.49. The van der Waals surface area contributed by atoms with E-state index in [0.29, 0.717) is 5.92 Å². The van der Waals surface area contributed by atoms with E-state index in [2.05, 4.69) is 77.4 Å². The zero-order valence-corrected chi connectivity index (χ0v) is 32.4. The summed E-state index contributed by atoms with van der Waals surface area (Å²) in [6.07, 6.45) is 20.5. The van der Waals surface area contributed by atoms with Crippen LogP contribution in [-0.2, 0) is 6.42 Å². The zero-order valence-electron chi connectivity index (χ0n) is 29.3. The van der Waals surface area contributed by atoms with Crippen LogP contribution in [0.5, 0.6) is 0 Å². The number of allylic oxidation sites excluding steroid dienone is 4. The molecular weight excluding hydrogens is 586 g/mol. The number of hydrogen-bond donors (Lipinski definition) is 5. The Kier molecular flexibility index (Phi) is 49.9. The van der Waals surface area contributed by atoms with Gasteiger partial charge < -0.3 is 36.9 Å². The molecule has 1 aliphatic carbocycles. The molecule has 0 aromatic heterocycles. The van der Waals surface area contributed by atoms with Gasteiger partial charge in [0.1, 0.15) is 6.26 Å². The van der Waals surface area contributed by atoms with Crippen LogP contribution in [0.2, 0.25) is 0 Å². The average molecular weight is 650 g/mol. The van der Waals surface area contributed by atoms with Crippen LogP contribution in [0.1, 0.15) is 71.3 Å². The van der Waals surface area contributed by atoms with E-state index in [9.17, 15) is 0 Å². The van der Waals surface area contributed by atoms with E-state index in [0.717, 1.165) is 50.8 Å². The number of aliphatic hydroxyl groups is 2. The van der Waals surface area contributed by atoms with Gasteiger partial charge in [-0.3, -0.25) is 0 Å². The van der Waals surface area contributed by atoms with Gasteiger partial charge in [0.15, 0.2) is 0 Å². The van der Waals surface area contributed by atoms with E-state index < -0.39 is 0 Å². The van der Waals surface area contributed by atoms with Crippen LogP contribution >= 0.6 is 0 Å². The molecule has 1 fully saturated rings. The van der Waals surface area contributed by atoms with Crippen LogP contribution in [-0.4, -0.2) is 69.4 Å². The molecule has 0 spiro atoms. The molecule has 2 atom stereocenters. The molecule has 45 heavy (non-hydrogen) atoms. The molecule has 2 aliphatic rings. The topological polar surface area (TPSA) is 113 Å². The molecule has 1 saturated heterocycles. The summed E-state index contributed by atoms with van der Waals surface area (Å²) >= 11 is 0. The number of unbranched alkanes of at least 4 members (excludes halogenated alkanes) is 3. The largest absolute Gasteiger partial charge is 1.00 e. The standard InChI is InChI=1S/C10H15N2.C10H19N.C7H10O.C4H9N.C3H7N.C3H4O.K/c1-8(11)7-9-3-5-10(12-2)6-4-9;1-3-5-6-7-8-9-10-11-4-2;8-6-7-4-2-1-3-5-7;1-2-4-5-3-1;1-3-4-2;1-2-3-4;/h3-6,8,11-12H,7H2,1-2H3;5,11H,1,4,6-10H2,2H3;1-4,7-8H,5-6H2;5H,1-4H2;2-3H2,1H3;3-4H,1H2;/q-1;;;;;;+1. The second-order valence-corrected chi connectivity index (χ2v) is 9.98. The Morgan fingerprint density at radius 2 is 1.71 bits per heavy atom. The fourth-order valence-electron chi connectivity index (χ4n) is 3.51. The molecule has 3 rings (SSSR count). The Balaban J connectivity index is -0.000000235. The molecule has 1 aromatic carbocycles. The van der Waals surface area contributed by atoms with Gasteiger partial charge >= 0.3 is 51.4 Å². The summed E-state index contributed by atoms with van der Waals surface area (Å²) in [7, 11) is 1.90. The Labute approximate surface area is 319 Å². The number of aliphatic hydroxyl groups excluding tert-OH is 2. The van der Waals surface area contributed by atoms with E-state index in [4.69, 9.17) is 15.9 Å². The summed E-state index contributed by atoms with van der Waals surface area (Å²) in [6, 6.07) is 8.20. The molecule has 7 nitrogen and oxygen atoms in total. The molecule has 0 radical (unpaired) electrons. The number of nitrogens with zero attached hydrogens (tertiary/aromatic N) is 1. The maximum Gasteiger partial charge on any atom is 1.00 e. The van der Waals surface area contributed by atoms with E-state index >= 15 is 0 Å². The molecule has 250 valence electrons. The van der Waals surface area contributed by atoms with Crippen LogP contribution in [0.3, 0.4) is 0 Å². The van der Waals surface area contributed by atoms with Gasteiger partial charge in [-0.25, -0.2) is 0 Å². The predicted molar refractivity (Wildman–Crippen MR) is 196 cm³/mol. The Bertz CT molecular complexity index is 879. The Morgan fingerprint density at radius 3 is 2.07 bits per heavy atom. The first-order valence-corrected chi connectivity index (χ1v) is 16.0. The van der Waals surface area contributed by atoms with Crippen molar-refractivity contribution >= 4 is 12.4 Å². The maximum absolute atomic E-state index is 8.61. The summed E-state index contributed by atoms with van der Waals surface area (Å²) in [5.74, 6) is 0.375. The summed E-state index contributed by atoms with van der Waals surface area (Å²) < 4.78 is 0. The molecule has 1 heterocycles. The molecular formula is C37H64KN5O2. The van der Waals surface area contributed by atoms with Crippen molar-refractivity contribution in [2.24, 2.45) is 10.9 Å². The van der Waals surface area contributed by atoms with Crippen LogP contribution in [0, 0.1) is 5.92 Å². The average Bonchev–Trinajstić information content (AvgIpc) is 3.66. The summed E-state index contributed by atoms with van der Waals surface area (Å²) in [6.45, 7) is 21.7. The molecule has 8 heteroatoms. The fraction of sp³-hybridized carbons (Fsp3) is 0.541. The third kappa shape index (κ3) is 44.7. The first-order chi connectivity index (χ1) is 21.4. The monoisotopic (exact) mass is 649 g/mol. The van der Waals surface area contributed by atoms with Crippen molar-refractivity contribution in [2.75, 3.05) is 51.7 Å². The van der Waals surface area contributed by atoms with Gasteiger partial charge in [-0.05, 0) is 109 Å². The van der Waals surface area contributed by atoms with Gasteiger partial charge in [0.25, 0.3) is 0 Å². The number of benzene rings is 1. The minimum atomic E-state index is -0.00886. The number of hydrogen-bond acceptors (Lipinski definition) is 6. The maximum atomic E-state index is 8.61. The molecule has 0 saturated carbocycles. The van der Waals surface area contributed by atoms with Gasteiger partial charge in [0, 0.05) is 31.8 Å². The van der Waals surface area contributed by atoms with E-state index in [1.54, 1.807) is 0 Å². The Hall–Kier alpha value is -1.51. The second-order valence-electron chi connectivity index (χ2n) is 9.98. The number of aliphatic imine (C=N–C) groups is 1. The first kappa shape index (κ1) is 50.3. The van der Waals surface area contributed by atoms with E-state index in [1.807, 2.05) is 57.3 Å². The normalized spacial score (nSPS) is 13.9. The van der Waals surface area contributed by atoms with Crippen LogP contribution < -0.4 is 67.3 Å². The van der Waals surface area contributed by atoms with Gasteiger partial charge in [-0.2, -0.15) is 0 Å². The van der Waals surface area contributed by atoms with E-state index in [1.165, 1.54) is 50.8 Å². The van der Waals surface area contributed by atoms with Crippen molar-refractivity contribution in [1.29, 1.82) is 0 Å². The molecule has 0 amide bonds. The molecule has 0 bridgehead atoms. The summed E-state index contributed by atoms with van der Waals surface area (Å²) in [5.41, 5.74) is 14.6. The zero-order chi connectivity index (χ0) is 33.5. The van der Waals surface area contributed by atoms with Crippen molar-refractivity contribution in [1.82, 2.24) is 10.6 Å². The fourth-order valence-corrected chi connectivity index (χ4v) is 3.51. The van der Waals surface area contributed by atoms with Gasteiger partial charge in [0.2, 0.25) is 0 Å². The van der Waals surface area contributed by atoms with Crippen molar-refractivity contribution in [2.45, 2.75) is 78.2 Å². The molecule has 2 unspecified atom stereocenters. The van der Waals surface area contributed by atoms with Crippen molar-refractivity contribution in [3.63, 3.8) is 0 Å².